The van der Waals surface area contributed by atoms with Crippen LogP contribution in [-0.4, -0.2) is 29.8 Å². The minimum absolute atomic E-state index is 0.0669. The van der Waals surface area contributed by atoms with Gasteiger partial charge in [0, 0.05) is 11.6 Å². The maximum Gasteiger partial charge on any atom is 0.418 e. The average Bonchev–Trinajstić information content (AvgIpc) is 2.61. The van der Waals surface area contributed by atoms with Crippen LogP contribution in [0.25, 0.3) is 0 Å². The Hall–Kier alpha value is -2.54. The highest BCUT2D eigenvalue weighted by Gasteiger charge is 2.33. The molecule has 144 valence electrons. The number of anilines is 1. The first kappa shape index (κ1) is 20.8. The van der Waals surface area contributed by atoms with Gasteiger partial charge in [0.25, 0.3) is 0 Å². The van der Waals surface area contributed by atoms with Gasteiger partial charge >= 0.3 is 6.18 Å². The van der Waals surface area contributed by atoms with E-state index >= 15 is 0 Å². The molecule has 27 heavy (non-hydrogen) atoms. The molecule has 2 rings (SSSR count). The molecule has 4 nitrogen and oxygen atoms in total. The van der Waals surface area contributed by atoms with Crippen molar-refractivity contribution in [3.63, 3.8) is 0 Å². The van der Waals surface area contributed by atoms with Crippen molar-refractivity contribution in [2.24, 2.45) is 0 Å². The minimum Gasteiger partial charge on any atom is -0.333 e. The van der Waals surface area contributed by atoms with E-state index in [4.69, 9.17) is 11.6 Å². The number of benzene rings is 2. The Morgan fingerprint density at radius 2 is 1.70 bits per heavy atom. The van der Waals surface area contributed by atoms with Crippen LogP contribution < -0.4 is 5.32 Å². The number of hydrogen-bond acceptors (Lipinski definition) is 2. The monoisotopic (exact) mass is 398 g/mol. The molecule has 0 fully saturated rings. The van der Waals surface area contributed by atoms with Crippen LogP contribution in [0, 0.1) is 0 Å². The molecule has 1 N–H and O–H groups in total. The van der Waals surface area contributed by atoms with Crippen LogP contribution in [0.1, 0.15) is 18.1 Å². The van der Waals surface area contributed by atoms with Crippen LogP contribution in [0.5, 0.6) is 0 Å². The largest absolute Gasteiger partial charge is 0.418 e. The molecule has 0 aromatic heterocycles. The zero-order valence-electron chi connectivity index (χ0n) is 14.5. The second-order valence-corrected chi connectivity index (χ2v) is 6.24. The highest BCUT2D eigenvalue weighted by molar-refractivity contribution is 6.30. The first-order chi connectivity index (χ1) is 12.7. The fraction of sp³-hybridized carbons (Fsp3) is 0.263. The molecule has 0 aliphatic carbocycles. The molecule has 0 unspecified atom stereocenters. The van der Waals surface area contributed by atoms with E-state index < -0.39 is 17.6 Å². The summed E-state index contributed by atoms with van der Waals surface area (Å²) in [5.41, 5.74) is -0.546. The van der Waals surface area contributed by atoms with Gasteiger partial charge in [0.1, 0.15) is 0 Å². The number of para-hydroxylation sites is 1. The van der Waals surface area contributed by atoms with Crippen LogP contribution >= 0.6 is 11.6 Å². The van der Waals surface area contributed by atoms with Gasteiger partial charge in [-0.25, -0.2) is 0 Å². The number of hydrogen-bond donors (Lipinski definition) is 1. The van der Waals surface area contributed by atoms with Crippen LogP contribution in [0.3, 0.4) is 0 Å². The van der Waals surface area contributed by atoms with Gasteiger partial charge in [0.2, 0.25) is 11.8 Å². The summed E-state index contributed by atoms with van der Waals surface area (Å²) in [6.45, 7) is 1.60. The topological polar surface area (TPSA) is 49.4 Å². The van der Waals surface area contributed by atoms with Crippen molar-refractivity contribution in [2.75, 3.05) is 18.4 Å². The minimum atomic E-state index is -4.58. The van der Waals surface area contributed by atoms with E-state index in [1.165, 1.54) is 23.1 Å². The van der Waals surface area contributed by atoms with E-state index in [1.54, 1.807) is 31.2 Å². The lowest BCUT2D eigenvalue weighted by Gasteiger charge is -2.21. The third-order valence-electron chi connectivity index (χ3n) is 3.84. The number of nitrogens with zero attached hydrogens (tertiary/aromatic N) is 1. The number of alkyl halides is 3. The standard InChI is InChI=1S/C19H18ClF3N2O2/c1-2-25(18(27)11-13-7-9-14(20)10-8-13)12-17(26)24-16-6-4-3-5-15(16)19(21,22)23/h3-10H,2,11-12H2,1H3,(H,24,26). The third-order valence-corrected chi connectivity index (χ3v) is 4.10. The Morgan fingerprint density at radius 1 is 1.07 bits per heavy atom. The molecule has 2 aromatic carbocycles. The van der Waals surface area contributed by atoms with Gasteiger partial charge in [-0.2, -0.15) is 13.2 Å². The molecule has 0 atom stereocenters. The molecule has 0 heterocycles. The van der Waals surface area contributed by atoms with Crippen LogP contribution in [-0.2, 0) is 22.2 Å². The molecule has 0 saturated heterocycles. The van der Waals surface area contributed by atoms with Gasteiger partial charge in [0.05, 0.1) is 24.2 Å². The molecule has 0 radical (unpaired) electrons. The molecule has 0 spiro atoms. The Balaban J connectivity index is 2.03. The summed E-state index contributed by atoms with van der Waals surface area (Å²) in [4.78, 5) is 25.8. The van der Waals surface area contributed by atoms with E-state index in [9.17, 15) is 22.8 Å². The highest BCUT2D eigenvalue weighted by Crippen LogP contribution is 2.34. The summed E-state index contributed by atoms with van der Waals surface area (Å²) in [7, 11) is 0. The van der Waals surface area contributed by atoms with E-state index in [-0.39, 0.29) is 31.1 Å². The summed E-state index contributed by atoms with van der Waals surface area (Å²) in [5.74, 6) is -1.00. The van der Waals surface area contributed by atoms with Crippen molar-refractivity contribution in [3.8, 4) is 0 Å². The van der Waals surface area contributed by atoms with Crippen molar-refractivity contribution in [1.29, 1.82) is 0 Å². The van der Waals surface area contributed by atoms with Crippen molar-refractivity contribution in [1.82, 2.24) is 4.90 Å². The van der Waals surface area contributed by atoms with Crippen LogP contribution in [0.4, 0.5) is 18.9 Å². The lowest BCUT2D eigenvalue weighted by atomic mass is 10.1. The van der Waals surface area contributed by atoms with Gasteiger partial charge in [-0.05, 0) is 36.8 Å². The summed E-state index contributed by atoms with van der Waals surface area (Å²) in [5, 5.41) is 2.78. The Kier molecular flexibility index (Phi) is 6.85. The third kappa shape index (κ3) is 5.99. The van der Waals surface area contributed by atoms with Gasteiger partial charge < -0.3 is 10.2 Å². The molecule has 8 heteroatoms. The number of halogens is 4. The Bertz CT molecular complexity index is 807. The van der Waals surface area contributed by atoms with E-state index in [1.807, 2.05) is 0 Å². The summed E-state index contributed by atoms with van der Waals surface area (Å²) >= 11 is 5.80. The molecular formula is C19H18ClF3N2O2. The van der Waals surface area contributed by atoms with Crippen molar-refractivity contribution < 1.29 is 22.8 Å². The second kappa shape index (κ2) is 8.90. The summed E-state index contributed by atoms with van der Waals surface area (Å²) in [6.07, 6.45) is -4.52. The van der Waals surface area contributed by atoms with Crippen LogP contribution in [0.2, 0.25) is 5.02 Å². The lowest BCUT2D eigenvalue weighted by molar-refractivity contribution is -0.137. The number of nitrogens with one attached hydrogen (secondary N) is 1. The maximum atomic E-state index is 13.0. The molecule has 2 amide bonds. The first-order valence-corrected chi connectivity index (χ1v) is 8.56. The zero-order chi connectivity index (χ0) is 20.0. The number of likely N-dealkylation sites (N-methyl/N-ethyl adjacent to an activating group) is 1. The summed E-state index contributed by atoms with van der Waals surface area (Å²) < 4.78 is 39.0. The SMILES string of the molecule is CCN(CC(=O)Nc1ccccc1C(F)(F)F)C(=O)Cc1ccc(Cl)cc1. The molecule has 0 aliphatic heterocycles. The van der Waals surface area contributed by atoms with Gasteiger partial charge in [-0.1, -0.05) is 35.9 Å². The lowest BCUT2D eigenvalue weighted by Crippen LogP contribution is -2.38. The molecule has 2 aromatic rings. The highest BCUT2D eigenvalue weighted by atomic mass is 35.5. The van der Waals surface area contributed by atoms with Crippen molar-refractivity contribution in [3.05, 3.63) is 64.7 Å². The number of carbonyl (C=O) groups excluding carboxylic acids is 2. The molecular weight excluding hydrogens is 381 g/mol. The maximum absolute atomic E-state index is 13.0. The average molecular weight is 399 g/mol. The molecule has 0 aliphatic rings. The van der Waals surface area contributed by atoms with E-state index in [0.717, 1.165) is 11.6 Å². The van der Waals surface area contributed by atoms with Crippen LogP contribution in [0.15, 0.2) is 48.5 Å². The van der Waals surface area contributed by atoms with Crippen molar-refractivity contribution >= 4 is 29.1 Å². The predicted molar refractivity (Wildman–Crippen MR) is 97.5 cm³/mol. The van der Waals surface area contributed by atoms with Gasteiger partial charge in [-0.15, -0.1) is 0 Å². The molecule has 0 saturated carbocycles. The van der Waals surface area contributed by atoms with Gasteiger partial charge in [-0.3, -0.25) is 9.59 Å². The van der Waals surface area contributed by atoms with Crippen molar-refractivity contribution in [2.45, 2.75) is 19.5 Å². The second-order valence-electron chi connectivity index (χ2n) is 5.80. The summed E-state index contributed by atoms with van der Waals surface area (Å²) in [6, 6.07) is 11.4. The molecule has 0 bridgehead atoms. The Morgan fingerprint density at radius 3 is 2.30 bits per heavy atom. The number of rotatable bonds is 6. The quantitative estimate of drug-likeness (QED) is 0.784. The van der Waals surface area contributed by atoms with Gasteiger partial charge in [0.15, 0.2) is 0 Å². The fourth-order valence-electron chi connectivity index (χ4n) is 2.47. The normalized spacial score (nSPS) is 11.1. The van der Waals surface area contributed by atoms with E-state index in [2.05, 4.69) is 5.32 Å². The Labute approximate surface area is 159 Å². The number of amides is 2. The smallest absolute Gasteiger partial charge is 0.333 e. The number of carbonyl (C=O) groups is 2. The zero-order valence-corrected chi connectivity index (χ0v) is 15.3. The first-order valence-electron chi connectivity index (χ1n) is 8.19. The fourth-order valence-corrected chi connectivity index (χ4v) is 2.59. The van der Waals surface area contributed by atoms with E-state index in [0.29, 0.717) is 5.02 Å². The predicted octanol–water partition coefficient (Wildman–Crippen LogP) is 4.39.